The Balaban J connectivity index is 1.50. The molecular weight excluding hydrogens is 208 g/mol. The van der Waals surface area contributed by atoms with Gasteiger partial charge in [0.1, 0.15) is 0 Å². The Bertz CT molecular complexity index is 199. The predicted molar refractivity (Wildman–Crippen MR) is 74.2 cm³/mol. The van der Waals surface area contributed by atoms with Gasteiger partial charge in [-0.1, -0.05) is 26.2 Å². The third-order valence-electron chi connectivity index (χ3n) is 4.61. The largest absolute Gasteiger partial charge is 0.316 e. The number of nitrogens with one attached hydrogen (secondary N) is 2. The second-order valence-electron chi connectivity index (χ2n) is 6.34. The summed E-state index contributed by atoms with van der Waals surface area (Å²) in [6.07, 6.45) is 10.1. The fourth-order valence-corrected chi connectivity index (χ4v) is 3.53. The van der Waals surface area contributed by atoms with Crippen LogP contribution in [0.1, 0.15) is 51.9 Å². The van der Waals surface area contributed by atoms with E-state index in [1.54, 1.807) is 0 Å². The highest BCUT2D eigenvalue weighted by Crippen LogP contribution is 2.30. The van der Waals surface area contributed by atoms with Gasteiger partial charge in [0.2, 0.25) is 0 Å². The zero-order chi connectivity index (χ0) is 11.9. The van der Waals surface area contributed by atoms with E-state index in [4.69, 9.17) is 0 Å². The molecule has 1 heterocycles. The molecule has 0 radical (unpaired) electrons. The summed E-state index contributed by atoms with van der Waals surface area (Å²) in [5, 5.41) is 7.17. The van der Waals surface area contributed by atoms with Crippen molar-refractivity contribution in [2.75, 3.05) is 26.2 Å². The lowest BCUT2D eigenvalue weighted by atomic mass is 9.81. The zero-order valence-electron chi connectivity index (χ0n) is 11.5. The van der Waals surface area contributed by atoms with Crippen LogP contribution in [0.4, 0.5) is 0 Å². The van der Waals surface area contributed by atoms with Crippen molar-refractivity contribution in [1.82, 2.24) is 10.6 Å². The Hall–Kier alpha value is -0.0800. The second-order valence-corrected chi connectivity index (χ2v) is 6.34. The monoisotopic (exact) mass is 238 g/mol. The van der Waals surface area contributed by atoms with Crippen LogP contribution in [0.25, 0.3) is 0 Å². The first-order chi connectivity index (χ1) is 8.34. The number of hydrogen-bond donors (Lipinski definition) is 2. The van der Waals surface area contributed by atoms with E-state index in [9.17, 15) is 0 Å². The van der Waals surface area contributed by atoms with E-state index in [2.05, 4.69) is 17.6 Å². The minimum atomic E-state index is 0.883. The van der Waals surface area contributed by atoms with E-state index in [0.29, 0.717) is 0 Å². The van der Waals surface area contributed by atoms with Crippen LogP contribution in [0.5, 0.6) is 0 Å². The fourth-order valence-electron chi connectivity index (χ4n) is 3.53. The van der Waals surface area contributed by atoms with Gasteiger partial charge in [-0.25, -0.2) is 0 Å². The molecule has 2 aliphatic rings. The zero-order valence-corrected chi connectivity index (χ0v) is 11.5. The minimum absolute atomic E-state index is 0.883. The van der Waals surface area contributed by atoms with Crippen LogP contribution in [0, 0.1) is 17.8 Å². The van der Waals surface area contributed by atoms with Gasteiger partial charge in [0, 0.05) is 0 Å². The summed E-state index contributed by atoms with van der Waals surface area (Å²) in [6.45, 7) is 7.36. The summed E-state index contributed by atoms with van der Waals surface area (Å²) in [4.78, 5) is 0. The summed E-state index contributed by atoms with van der Waals surface area (Å²) in [5.41, 5.74) is 0. The summed E-state index contributed by atoms with van der Waals surface area (Å²) < 4.78 is 0. The topological polar surface area (TPSA) is 24.1 Å². The van der Waals surface area contributed by atoms with Crippen LogP contribution in [0.2, 0.25) is 0 Å². The molecule has 1 aliphatic heterocycles. The Kier molecular flexibility index (Phi) is 5.79. The first kappa shape index (κ1) is 13.4. The molecular formula is C15H30N2. The molecule has 2 fully saturated rings. The first-order valence-electron chi connectivity index (χ1n) is 7.76. The lowest BCUT2D eigenvalue weighted by Gasteiger charge is -2.27. The van der Waals surface area contributed by atoms with Crippen LogP contribution in [-0.2, 0) is 0 Å². The van der Waals surface area contributed by atoms with Gasteiger partial charge in [-0.15, -0.1) is 0 Å². The number of rotatable bonds is 5. The molecule has 0 aromatic rings. The third-order valence-corrected chi connectivity index (χ3v) is 4.61. The van der Waals surface area contributed by atoms with Crippen LogP contribution >= 0.6 is 0 Å². The van der Waals surface area contributed by atoms with Gasteiger partial charge in [0.05, 0.1) is 0 Å². The molecule has 0 spiro atoms. The number of hydrogen-bond acceptors (Lipinski definition) is 2. The molecule has 2 rings (SSSR count). The Labute approximate surface area is 107 Å². The van der Waals surface area contributed by atoms with Crippen molar-refractivity contribution >= 4 is 0 Å². The highest BCUT2D eigenvalue weighted by Gasteiger charge is 2.18. The van der Waals surface area contributed by atoms with E-state index in [-0.39, 0.29) is 0 Å². The summed E-state index contributed by atoms with van der Waals surface area (Å²) >= 11 is 0. The smallest absolute Gasteiger partial charge is 0.000837 e. The Morgan fingerprint density at radius 2 is 2.00 bits per heavy atom. The quantitative estimate of drug-likeness (QED) is 0.720. The maximum absolute atomic E-state index is 3.68. The normalized spacial score (nSPS) is 34.8. The highest BCUT2D eigenvalue weighted by molar-refractivity contribution is 4.73. The molecule has 2 heteroatoms. The standard InChI is InChI=1S/C15H30N2/c1-13-4-2-5-14(10-13)7-9-17-12-15-6-3-8-16-11-15/h13-17H,2-12H2,1H3. The Morgan fingerprint density at radius 3 is 2.76 bits per heavy atom. The van der Waals surface area contributed by atoms with Gasteiger partial charge in [-0.05, 0) is 69.6 Å². The van der Waals surface area contributed by atoms with E-state index < -0.39 is 0 Å². The molecule has 1 saturated heterocycles. The third kappa shape index (κ3) is 4.97. The van der Waals surface area contributed by atoms with Gasteiger partial charge < -0.3 is 10.6 Å². The van der Waals surface area contributed by atoms with Crippen molar-refractivity contribution in [3.63, 3.8) is 0 Å². The van der Waals surface area contributed by atoms with E-state index >= 15 is 0 Å². The number of piperidine rings is 1. The molecule has 0 aromatic carbocycles. The minimum Gasteiger partial charge on any atom is -0.316 e. The van der Waals surface area contributed by atoms with Crippen LogP contribution in [0.3, 0.4) is 0 Å². The lowest BCUT2D eigenvalue weighted by Crippen LogP contribution is -2.36. The van der Waals surface area contributed by atoms with E-state index in [1.807, 2.05) is 0 Å². The van der Waals surface area contributed by atoms with Gasteiger partial charge in [-0.3, -0.25) is 0 Å². The lowest BCUT2D eigenvalue weighted by molar-refractivity contribution is 0.264. The molecule has 2 nitrogen and oxygen atoms in total. The van der Waals surface area contributed by atoms with Crippen LogP contribution < -0.4 is 10.6 Å². The second kappa shape index (κ2) is 7.38. The maximum Gasteiger partial charge on any atom is -0.000837 e. The van der Waals surface area contributed by atoms with Crippen LogP contribution in [-0.4, -0.2) is 26.2 Å². The van der Waals surface area contributed by atoms with Crippen molar-refractivity contribution in [3.05, 3.63) is 0 Å². The molecule has 100 valence electrons. The first-order valence-corrected chi connectivity index (χ1v) is 7.76. The molecule has 3 unspecified atom stereocenters. The predicted octanol–water partition coefficient (Wildman–Crippen LogP) is 2.79. The molecule has 1 saturated carbocycles. The molecule has 2 N–H and O–H groups in total. The fraction of sp³-hybridized carbons (Fsp3) is 1.00. The van der Waals surface area contributed by atoms with Gasteiger partial charge >= 0.3 is 0 Å². The summed E-state index contributed by atoms with van der Waals surface area (Å²) in [7, 11) is 0. The van der Waals surface area contributed by atoms with Crippen molar-refractivity contribution < 1.29 is 0 Å². The highest BCUT2D eigenvalue weighted by atomic mass is 14.9. The molecule has 0 amide bonds. The molecule has 3 atom stereocenters. The van der Waals surface area contributed by atoms with Crippen molar-refractivity contribution in [1.29, 1.82) is 0 Å². The molecule has 1 aliphatic carbocycles. The van der Waals surface area contributed by atoms with Crippen LogP contribution in [0.15, 0.2) is 0 Å². The molecule has 0 aromatic heterocycles. The summed E-state index contributed by atoms with van der Waals surface area (Å²) in [6, 6.07) is 0. The molecule has 17 heavy (non-hydrogen) atoms. The van der Waals surface area contributed by atoms with E-state index in [0.717, 1.165) is 17.8 Å². The van der Waals surface area contributed by atoms with Crippen molar-refractivity contribution in [2.24, 2.45) is 17.8 Å². The van der Waals surface area contributed by atoms with Gasteiger partial charge in [0.15, 0.2) is 0 Å². The average molecular weight is 238 g/mol. The average Bonchev–Trinajstić information content (AvgIpc) is 2.36. The molecule has 0 bridgehead atoms. The van der Waals surface area contributed by atoms with Crippen molar-refractivity contribution in [2.45, 2.75) is 51.9 Å². The van der Waals surface area contributed by atoms with Crippen molar-refractivity contribution in [3.8, 4) is 0 Å². The van der Waals surface area contributed by atoms with E-state index in [1.165, 1.54) is 71.1 Å². The Morgan fingerprint density at radius 1 is 1.12 bits per heavy atom. The maximum atomic E-state index is 3.68. The SMILES string of the molecule is CC1CCCC(CCNCC2CCCNC2)C1. The van der Waals surface area contributed by atoms with Gasteiger partial charge in [0.25, 0.3) is 0 Å². The van der Waals surface area contributed by atoms with Gasteiger partial charge in [-0.2, -0.15) is 0 Å². The summed E-state index contributed by atoms with van der Waals surface area (Å²) in [5.74, 6) is 2.88.